The highest BCUT2D eigenvalue weighted by Crippen LogP contribution is 2.36. The summed E-state index contributed by atoms with van der Waals surface area (Å²) in [5, 5.41) is 8.46. The second kappa shape index (κ2) is 7.39. The average Bonchev–Trinajstić information content (AvgIpc) is 3.29. The van der Waals surface area contributed by atoms with Gasteiger partial charge >= 0.3 is 5.97 Å². The summed E-state index contributed by atoms with van der Waals surface area (Å²) in [7, 11) is 0. The molecule has 0 aliphatic carbocycles. The number of carbonyl (C=O) groups excluding carboxylic acids is 1. The Kier molecular flexibility index (Phi) is 4.84. The van der Waals surface area contributed by atoms with Gasteiger partial charge in [0.2, 0.25) is 13.6 Å². The molecule has 2 heterocycles. The molecular weight excluding hydrogens is 328 g/mol. The molecule has 0 amide bonds. The van der Waals surface area contributed by atoms with Crippen LogP contribution in [0, 0.1) is 0 Å². The molecule has 2 aliphatic heterocycles. The van der Waals surface area contributed by atoms with Crippen molar-refractivity contribution in [2.45, 2.75) is 0 Å². The molecule has 0 bridgehead atoms. The van der Waals surface area contributed by atoms with Crippen LogP contribution >= 0.6 is 0 Å². The van der Waals surface area contributed by atoms with Crippen molar-refractivity contribution < 1.29 is 33.6 Å². The Morgan fingerprint density at radius 1 is 0.880 bits per heavy atom. The Morgan fingerprint density at radius 3 is 2.00 bits per heavy atom. The van der Waals surface area contributed by atoms with Crippen LogP contribution in [0.5, 0.6) is 23.0 Å². The summed E-state index contributed by atoms with van der Waals surface area (Å²) in [6.07, 6.45) is 3.31. The maximum atomic E-state index is 10.4. The maximum Gasteiger partial charge on any atom is 0.328 e. The number of benzene rings is 2. The van der Waals surface area contributed by atoms with Crippen molar-refractivity contribution in [3.8, 4) is 23.0 Å². The van der Waals surface area contributed by atoms with Crippen LogP contribution in [-0.2, 0) is 4.79 Å². The van der Waals surface area contributed by atoms with Gasteiger partial charge in [0.15, 0.2) is 29.3 Å². The lowest BCUT2D eigenvalue weighted by atomic mass is 10.2. The molecule has 128 valence electrons. The SMILES string of the molecule is O=C(O)/C=C/c1cccc2c1OCO2.O=Cc1cccc2c1OCO2. The van der Waals surface area contributed by atoms with E-state index in [9.17, 15) is 9.59 Å². The predicted octanol–water partition coefficient (Wildman–Crippen LogP) is 2.74. The highest BCUT2D eigenvalue weighted by Gasteiger charge is 2.16. The van der Waals surface area contributed by atoms with E-state index in [-0.39, 0.29) is 13.6 Å². The molecule has 2 aromatic carbocycles. The highest BCUT2D eigenvalue weighted by molar-refractivity contribution is 5.86. The minimum Gasteiger partial charge on any atom is -0.478 e. The Hall–Kier alpha value is -3.48. The molecule has 0 spiro atoms. The molecule has 0 aromatic heterocycles. The lowest BCUT2D eigenvalue weighted by molar-refractivity contribution is -0.131. The molecule has 0 saturated heterocycles. The fraction of sp³-hybridized carbons (Fsp3) is 0.111. The smallest absolute Gasteiger partial charge is 0.328 e. The summed E-state index contributed by atoms with van der Waals surface area (Å²) in [5.74, 6) is 1.47. The summed E-state index contributed by atoms with van der Waals surface area (Å²) in [4.78, 5) is 20.7. The minimum absolute atomic E-state index is 0.188. The second-order valence-corrected chi connectivity index (χ2v) is 4.95. The van der Waals surface area contributed by atoms with Crippen molar-refractivity contribution in [1.82, 2.24) is 0 Å². The molecule has 7 nitrogen and oxygen atoms in total. The molecule has 2 aromatic rings. The molecule has 0 atom stereocenters. The summed E-state index contributed by atoms with van der Waals surface area (Å²) in [5.41, 5.74) is 1.25. The van der Waals surface area contributed by atoms with E-state index in [4.69, 9.17) is 24.1 Å². The van der Waals surface area contributed by atoms with Crippen LogP contribution in [0.25, 0.3) is 6.08 Å². The third-order valence-corrected chi connectivity index (χ3v) is 3.39. The van der Waals surface area contributed by atoms with E-state index in [1.54, 1.807) is 36.4 Å². The van der Waals surface area contributed by atoms with Crippen molar-refractivity contribution in [2.24, 2.45) is 0 Å². The Morgan fingerprint density at radius 2 is 1.44 bits per heavy atom. The first-order valence-electron chi connectivity index (χ1n) is 7.32. The van der Waals surface area contributed by atoms with E-state index >= 15 is 0 Å². The van der Waals surface area contributed by atoms with Gasteiger partial charge in [-0.15, -0.1) is 0 Å². The molecule has 7 heteroatoms. The zero-order valence-corrected chi connectivity index (χ0v) is 13.0. The van der Waals surface area contributed by atoms with Gasteiger partial charge in [0.1, 0.15) is 0 Å². The molecular formula is C18H14O7. The van der Waals surface area contributed by atoms with E-state index in [1.165, 1.54) is 6.08 Å². The number of carboxylic acid groups (broad SMARTS) is 1. The monoisotopic (exact) mass is 342 g/mol. The summed E-state index contributed by atoms with van der Waals surface area (Å²) in [6, 6.07) is 10.6. The molecule has 25 heavy (non-hydrogen) atoms. The highest BCUT2D eigenvalue weighted by atomic mass is 16.7. The van der Waals surface area contributed by atoms with Gasteiger partial charge in [0, 0.05) is 11.6 Å². The first-order chi connectivity index (χ1) is 12.2. The summed E-state index contributed by atoms with van der Waals surface area (Å²) < 4.78 is 20.5. The molecule has 0 saturated carbocycles. The van der Waals surface area contributed by atoms with Crippen LogP contribution in [0.4, 0.5) is 0 Å². The number of carboxylic acids is 1. The maximum absolute atomic E-state index is 10.4. The van der Waals surface area contributed by atoms with E-state index in [1.807, 2.05) is 0 Å². The molecule has 0 fully saturated rings. The molecule has 1 N–H and O–H groups in total. The van der Waals surface area contributed by atoms with E-state index in [0.29, 0.717) is 34.1 Å². The number of rotatable bonds is 3. The van der Waals surface area contributed by atoms with Gasteiger partial charge in [-0.1, -0.05) is 18.2 Å². The van der Waals surface area contributed by atoms with Gasteiger partial charge in [-0.3, -0.25) is 4.79 Å². The third kappa shape index (κ3) is 3.72. The van der Waals surface area contributed by atoms with E-state index in [2.05, 4.69) is 0 Å². The minimum atomic E-state index is -0.985. The first kappa shape index (κ1) is 16.4. The molecule has 0 radical (unpaired) electrons. The number of carbonyl (C=O) groups is 2. The van der Waals surface area contributed by atoms with Crippen LogP contribution in [0.15, 0.2) is 42.5 Å². The number of hydrogen-bond donors (Lipinski definition) is 1. The van der Waals surface area contributed by atoms with Crippen LogP contribution < -0.4 is 18.9 Å². The number of hydrogen-bond acceptors (Lipinski definition) is 6. The lowest BCUT2D eigenvalue weighted by Crippen LogP contribution is -1.94. The number of fused-ring (bicyclic) bond motifs is 2. The summed E-state index contributed by atoms with van der Waals surface area (Å²) in [6.45, 7) is 0.396. The fourth-order valence-electron chi connectivity index (χ4n) is 2.29. The normalized spacial score (nSPS) is 13.3. The lowest BCUT2D eigenvalue weighted by Gasteiger charge is -1.98. The zero-order chi connectivity index (χ0) is 17.6. The number of ether oxygens (including phenoxy) is 4. The zero-order valence-electron chi connectivity index (χ0n) is 13.0. The molecule has 2 aliphatic rings. The Bertz CT molecular complexity index is 826. The first-order valence-corrected chi connectivity index (χ1v) is 7.32. The van der Waals surface area contributed by atoms with Gasteiger partial charge in [-0.05, 0) is 24.3 Å². The number of aldehydes is 1. The van der Waals surface area contributed by atoms with Crippen LogP contribution in [0.1, 0.15) is 15.9 Å². The van der Waals surface area contributed by atoms with Gasteiger partial charge in [-0.2, -0.15) is 0 Å². The number of aliphatic carboxylic acids is 1. The summed E-state index contributed by atoms with van der Waals surface area (Å²) >= 11 is 0. The molecule has 4 rings (SSSR count). The van der Waals surface area contributed by atoms with E-state index < -0.39 is 5.97 Å². The standard InChI is InChI=1S/C10H8O4.C8H6O3/c11-9(12)5-4-7-2-1-3-8-10(7)14-6-13-8;9-4-6-2-1-3-7-8(6)11-5-10-7/h1-5H,6H2,(H,11,12);1-4H,5H2/b5-4+;. The van der Waals surface area contributed by atoms with Crippen molar-refractivity contribution >= 4 is 18.3 Å². The Labute approximate surface area is 143 Å². The van der Waals surface area contributed by atoms with Gasteiger partial charge in [0.25, 0.3) is 0 Å². The number of para-hydroxylation sites is 2. The quantitative estimate of drug-likeness (QED) is 0.677. The van der Waals surface area contributed by atoms with E-state index in [0.717, 1.165) is 12.4 Å². The average molecular weight is 342 g/mol. The van der Waals surface area contributed by atoms with Crippen LogP contribution in [-0.4, -0.2) is 30.9 Å². The third-order valence-electron chi connectivity index (χ3n) is 3.39. The van der Waals surface area contributed by atoms with Gasteiger partial charge < -0.3 is 24.1 Å². The van der Waals surface area contributed by atoms with Crippen LogP contribution in [0.3, 0.4) is 0 Å². The predicted molar refractivity (Wildman–Crippen MR) is 87.2 cm³/mol. The topological polar surface area (TPSA) is 91.3 Å². The Balaban J connectivity index is 0.000000150. The van der Waals surface area contributed by atoms with Crippen molar-refractivity contribution in [2.75, 3.05) is 13.6 Å². The largest absolute Gasteiger partial charge is 0.478 e. The van der Waals surface area contributed by atoms with Crippen molar-refractivity contribution in [3.63, 3.8) is 0 Å². The van der Waals surface area contributed by atoms with Crippen molar-refractivity contribution in [3.05, 3.63) is 53.6 Å². The van der Waals surface area contributed by atoms with Gasteiger partial charge in [-0.25, -0.2) is 4.79 Å². The van der Waals surface area contributed by atoms with Crippen LogP contribution in [0.2, 0.25) is 0 Å². The second-order valence-electron chi connectivity index (χ2n) is 4.95. The van der Waals surface area contributed by atoms with Crippen molar-refractivity contribution in [1.29, 1.82) is 0 Å². The molecule has 0 unspecified atom stereocenters. The van der Waals surface area contributed by atoms with Gasteiger partial charge in [0.05, 0.1) is 5.56 Å². The fourth-order valence-corrected chi connectivity index (χ4v) is 2.29.